The summed E-state index contributed by atoms with van der Waals surface area (Å²) in [5.74, 6) is -0.525. The zero-order valence-electron chi connectivity index (χ0n) is 7.80. The number of hydrogen-bond donors (Lipinski definition) is 0. The molecule has 0 heterocycles. The summed E-state index contributed by atoms with van der Waals surface area (Å²) in [6.07, 6.45) is 0.0591. The zero-order chi connectivity index (χ0) is 9.84. The third kappa shape index (κ3) is 3.28. The average molecular weight is 191 g/mol. The van der Waals surface area contributed by atoms with E-state index in [2.05, 4.69) is 0 Å². The molecule has 0 unspecified atom stereocenters. The number of amides is 1. The maximum absolute atomic E-state index is 12.1. The van der Waals surface area contributed by atoms with Crippen molar-refractivity contribution in [3.8, 4) is 0 Å². The van der Waals surface area contributed by atoms with Gasteiger partial charge < -0.3 is 4.90 Å². The van der Waals surface area contributed by atoms with Crippen LogP contribution in [-0.4, -0.2) is 30.3 Å². The Balaban J connectivity index is 2.39. The Morgan fingerprint density at radius 2 is 2.15 bits per heavy atom. The standard InChI is InChI=1S/C9H15F2NO/c1-2-5-12(6-7-3-4-7)9(13)8(10)11/h7-8H,2-6H2,1H3. The average Bonchev–Trinajstić information content (AvgIpc) is 2.86. The first-order chi connectivity index (χ1) is 6.15. The van der Waals surface area contributed by atoms with Crippen molar-refractivity contribution in [2.45, 2.75) is 32.6 Å². The van der Waals surface area contributed by atoms with Gasteiger partial charge in [-0.05, 0) is 25.2 Å². The Morgan fingerprint density at radius 3 is 2.54 bits per heavy atom. The Morgan fingerprint density at radius 1 is 1.54 bits per heavy atom. The predicted molar refractivity (Wildman–Crippen MR) is 45.6 cm³/mol. The Kier molecular flexibility index (Phi) is 3.63. The van der Waals surface area contributed by atoms with E-state index in [1.807, 2.05) is 6.92 Å². The van der Waals surface area contributed by atoms with Gasteiger partial charge in [-0.25, -0.2) is 0 Å². The lowest BCUT2D eigenvalue weighted by Gasteiger charge is -2.21. The Bertz CT molecular complexity index is 180. The topological polar surface area (TPSA) is 20.3 Å². The minimum atomic E-state index is -2.84. The van der Waals surface area contributed by atoms with E-state index in [0.29, 0.717) is 19.0 Å². The second kappa shape index (κ2) is 4.53. The van der Waals surface area contributed by atoms with Crippen molar-refractivity contribution in [2.24, 2.45) is 5.92 Å². The zero-order valence-corrected chi connectivity index (χ0v) is 7.80. The molecule has 1 rings (SSSR count). The number of hydrogen-bond acceptors (Lipinski definition) is 1. The van der Waals surface area contributed by atoms with Gasteiger partial charge in [-0.1, -0.05) is 6.92 Å². The SMILES string of the molecule is CCCN(CC1CC1)C(=O)C(F)F. The fourth-order valence-electron chi connectivity index (χ4n) is 1.31. The van der Waals surface area contributed by atoms with E-state index >= 15 is 0 Å². The largest absolute Gasteiger partial charge is 0.337 e. The molecule has 0 saturated heterocycles. The molecule has 1 saturated carbocycles. The first kappa shape index (κ1) is 10.4. The minimum absolute atomic E-state index is 0.458. The van der Waals surface area contributed by atoms with Gasteiger partial charge in [0.2, 0.25) is 0 Å². The van der Waals surface area contributed by atoms with E-state index in [1.54, 1.807) is 0 Å². The predicted octanol–water partition coefficient (Wildman–Crippen LogP) is 1.90. The van der Waals surface area contributed by atoms with E-state index in [1.165, 1.54) is 4.90 Å². The highest BCUT2D eigenvalue weighted by Gasteiger charge is 2.29. The molecule has 1 aliphatic carbocycles. The van der Waals surface area contributed by atoms with E-state index in [4.69, 9.17) is 0 Å². The minimum Gasteiger partial charge on any atom is -0.337 e. The number of alkyl halides is 2. The molecule has 1 amide bonds. The van der Waals surface area contributed by atoms with Crippen LogP contribution in [0.5, 0.6) is 0 Å². The van der Waals surface area contributed by atoms with Gasteiger partial charge >= 0.3 is 6.43 Å². The van der Waals surface area contributed by atoms with Crippen LogP contribution >= 0.6 is 0 Å². The molecule has 0 aliphatic heterocycles. The highest BCUT2D eigenvalue weighted by atomic mass is 19.3. The molecule has 1 aliphatic rings. The number of rotatable bonds is 5. The number of carbonyl (C=O) groups excluding carboxylic acids is 1. The normalized spacial score (nSPS) is 16.3. The molecule has 0 aromatic carbocycles. The van der Waals surface area contributed by atoms with Gasteiger partial charge in [0.1, 0.15) is 0 Å². The van der Waals surface area contributed by atoms with Crippen LogP contribution in [0, 0.1) is 5.92 Å². The lowest BCUT2D eigenvalue weighted by atomic mass is 10.3. The maximum Gasteiger partial charge on any atom is 0.315 e. The van der Waals surface area contributed by atoms with E-state index in [9.17, 15) is 13.6 Å². The molecule has 0 N–H and O–H groups in total. The third-order valence-corrected chi connectivity index (χ3v) is 2.17. The van der Waals surface area contributed by atoms with Crippen LogP contribution < -0.4 is 0 Å². The van der Waals surface area contributed by atoms with E-state index in [0.717, 1.165) is 19.3 Å². The van der Waals surface area contributed by atoms with Crippen molar-refractivity contribution in [2.75, 3.05) is 13.1 Å². The van der Waals surface area contributed by atoms with Crippen molar-refractivity contribution < 1.29 is 13.6 Å². The fraction of sp³-hybridized carbons (Fsp3) is 0.889. The van der Waals surface area contributed by atoms with Gasteiger partial charge in [-0.15, -0.1) is 0 Å². The number of halogens is 2. The summed E-state index contributed by atoms with van der Waals surface area (Å²) < 4.78 is 24.2. The van der Waals surface area contributed by atoms with Crippen LogP contribution in [0.4, 0.5) is 8.78 Å². The summed E-state index contributed by atoms with van der Waals surface area (Å²) in [7, 11) is 0. The molecule has 0 aromatic heterocycles. The molecular formula is C9H15F2NO. The lowest BCUT2D eigenvalue weighted by molar-refractivity contribution is -0.143. The van der Waals surface area contributed by atoms with Crippen molar-refractivity contribution in [3.05, 3.63) is 0 Å². The Hall–Kier alpha value is -0.670. The number of carbonyl (C=O) groups is 1. The second-order valence-corrected chi connectivity index (χ2v) is 3.53. The molecule has 0 bridgehead atoms. The molecule has 13 heavy (non-hydrogen) atoms. The monoisotopic (exact) mass is 191 g/mol. The summed E-state index contributed by atoms with van der Waals surface area (Å²) in [6, 6.07) is 0. The van der Waals surface area contributed by atoms with Crippen molar-refractivity contribution in [1.82, 2.24) is 4.90 Å². The van der Waals surface area contributed by atoms with Crippen LogP contribution in [0.3, 0.4) is 0 Å². The maximum atomic E-state index is 12.1. The molecule has 76 valence electrons. The summed E-state index contributed by atoms with van der Waals surface area (Å²) in [5, 5.41) is 0. The van der Waals surface area contributed by atoms with E-state index < -0.39 is 12.3 Å². The Labute approximate surface area is 76.9 Å². The van der Waals surface area contributed by atoms with Crippen LogP contribution in [0.25, 0.3) is 0 Å². The molecule has 0 atom stereocenters. The second-order valence-electron chi connectivity index (χ2n) is 3.53. The molecule has 1 fully saturated rings. The van der Waals surface area contributed by atoms with Gasteiger partial charge in [0, 0.05) is 13.1 Å². The first-order valence-corrected chi connectivity index (χ1v) is 4.72. The van der Waals surface area contributed by atoms with Gasteiger partial charge in [-0.2, -0.15) is 8.78 Å². The molecule has 2 nitrogen and oxygen atoms in total. The number of nitrogens with zero attached hydrogens (tertiary/aromatic N) is 1. The quantitative estimate of drug-likeness (QED) is 0.650. The molecule has 4 heteroatoms. The van der Waals surface area contributed by atoms with E-state index in [-0.39, 0.29) is 0 Å². The summed E-state index contributed by atoms with van der Waals surface area (Å²) in [6.45, 7) is 2.87. The smallest absolute Gasteiger partial charge is 0.315 e. The highest BCUT2D eigenvalue weighted by Crippen LogP contribution is 2.30. The molecular weight excluding hydrogens is 176 g/mol. The summed E-state index contributed by atoms with van der Waals surface area (Å²) in [5.41, 5.74) is 0. The lowest BCUT2D eigenvalue weighted by Crippen LogP contribution is -2.37. The van der Waals surface area contributed by atoms with Crippen LogP contribution in [-0.2, 0) is 4.79 Å². The molecule has 0 radical (unpaired) electrons. The van der Waals surface area contributed by atoms with Crippen LogP contribution in [0.15, 0.2) is 0 Å². The van der Waals surface area contributed by atoms with Gasteiger partial charge in [0.05, 0.1) is 0 Å². The fourth-order valence-corrected chi connectivity index (χ4v) is 1.31. The third-order valence-electron chi connectivity index (χ3n) is 2.17. The van der Waals surface area contributed by atoms with Crippen LogP contribution in [0.2, 0.25) is 0 Å². The van der Waals surface area contributed by atoms with Gasteiger partial charge in [0.15, 0.2) is 0 Å². The van der Waals surface area contributed by atoms with Crippen LogP contribution in [0.1, 0.15) is 26.2 Å². The van der Waals surface area contributed by atoms with Gasteiger partial charge in [0.25, 0.3) is 5.91 Å². The molecule has 0 spiro atoms. The van der Waals surface area contributed by atoms with Gasteiger partial charge in [-0.3, -0.25) is 4.79 Å². The summed E-state index contributed by atoms with van der Waals surface area (Å²) >= 11 is 0. The molecule has 0 aromatic rings. The van der Waals surface area contributed by atoms with Crippen molar-refractivity contribution in [1.29, 1.82) is 0 Å². The van der Waals surface area contributed by atoms with Crippen molar-refractivity contribution in [3.63, 3.8) is 0 Å². The first-order valence-electron chi connectivity index (χ1n) is 4.72. The highest BCUT2D eigenvalue weighted by molar-refractivity contribution is 5.79. The van der Waals surface area contributed by atoms with Crippen molar-refractivity contribution >= 4 is 5.91 Å². The summed E-state index contributed by atoms with van der Waals surface area (Å²) in [4.78, 5) is 12.3.